The van der Waals surface area contributed by atoms with Crippen LogP contribution in [0.25, 0.3) is 0 Å². The molecule has 0 fully saturated rings. The number of ether oxygens (including phenoxy) is 1. The molecule has 0 saturated carbocycles. The minimum Gasteiger partial charge on any atom is -0.496 e. The van der Waals surface area contributed by atoms with Crippen molar-refractivity contribution in [1.29, 1.82) is 0 Å². The number of nitrogens with zero attached hydrogens (tertiary/aromatic N) is 1. The fraction of sp³-hybridized carbons (Fsp3) is 0.250. The van der Waals surface area contributed by atoms with Crippen molar-refractivity contribution in [1.82, 2.24) is 0 Å². The maximum absolute atomic E-state index is 12.9. The van der Waals surface area contributed by atoms with Crippen molar-refractivity contribution in [2.75, 3.05) is 19.1 Å². The molecule has 2 aromatic rings. The quantitative estimate of drug-likeness (QED) is 0.911. The molecule has 0 amide bonds. The molecule has 0 atom stereocenters. The number of benzene rings is 2. The van der Waals surface area contributed by atoms with E-state index in [2.05, 4.69) is 4.90 Å². The van der Waals surface area contributed by atoms with Crippen molar-refractivity contribution >= 4 is 5.69 Å². The first-order chi connectivity index (χ1) is 9.63. The number of anilines is 1. The Hall–Kier alpha value is -2.07. The Labute approximate surface area is 118 Å². The molecule has 4 heteroatoms. The van der Waals surface area contributed by atoms with Crippen molar-refractivity contribution in [2.24, 2.45) is 5.73 Å². The van der Waals surface area contributed by atoms with E-state index in [4.69, 9.17) is 10.5 Å². The van der Waals surface area contributed by atoms with E-state index in [9.17, 15) is 4.39 Å². The van der Waals surface area contributed by atoms with Gasteiger partial charge in [0.25, 0.3) is 0 Å². The third-order valence-corrected chi connectivity index (χ3v) is 3.25. The van der Waals surface area contributed by atoms with E-state index in [0.717, 1.165) is 29.1 Å². The number of halogens is 1. The fourth-order valence-electron chi connectivity index (χ4n) is 2.15. The zero-order valence-electron chi connectivity index (χ0n) is 11.8. The number of methoxy groups -OCH3 is 1. The first kappa shape index (κ1) is 14.3. The average Bonchev–Trinajstić information content (AvgIpc) is 2.47. The van der Waals surface area contributed by atoms with Gasteiger partial charge in [-0.3, -0.25) is 0 Å². The normalized spacial score (nSPS) is 10.4. The van der Waals surface area contributed by atoms with Crippen LogP contribution in [0.5, 0.6) is 5.75 Å². The van der Waals surface area contributed by atoms with Gasteiger partial charge in [0.15, 0.2) is 0 Å². The maximum atomic E-state index is 12.9. The molecule has 0 aliphatic heterocycles. The lowest BCUT2D eigenvalue weighted by atomic mass is 10.1. The van der Waals surface area contributed by atoms with E-state index in [-0.39, 0.29) is 5.82 Å². The summed E-state index contributed by atoms with van der Waals surface area (Å²) in [6.07, 6.45) is 0. The van der Waals surface area contributed by atoms with Gasteiger partial charge in [0.1, 0.15) is 11.6 Å². The van der Waals surface area contributed by atoms with E-state index in [1.807, 2.05) is 25.2 Å². The minimum atomic E-state index is -0.225. The lowest BCUT2D eigenvalue weighted by Crippen LogP contribution is -2.16. The van der Waals surface area contributed by atoms with Gasteiger partial charge >= 0.3 is 0 Å². The van der Waals surface area contributed by atoms with Gasteiger partial charge in [-0.15, -0.1) is 0 Å². The fourth-order valence-corrected chi connectivity index (χ4v) is 2.15. The maximum Gasteiger partial charge on any atom is 0.123 e. The second kappa shape index (κ2) is 6.39. The van der Waals surface area contributed by atoms with Crippen LogP contribution in [-0.2, 0) is 13.1 Å². The molecule has 0 unspecified atom stereocenters. The van der Waals surface area contributed by atoms with Crippen LogP contribution in [0, 0.1) is 5.82 Å². The van der Waals surface area contributed by atoms with Crippen LogP contribution in [0.4, 0.5) is 10.1 Å². The summed E-state index contributed by atoms with van der Waals surface area (Å²) in [7, 11) is 3.61. The zero-order valence-corrected chi connectivity index (χ0v) is 11.8. The van der Waals surface area contributed by atoms with Crippen LogP contribution in [0.2, 0.25) is 0 Å². The van der Waals surface area contributed by atoms with Crippen molar-refractivity contribution in [3.05, 3.63) is 59.4 Å². The number of hydrogen-bond donors (Lipinski definition) is 1. The summed E-state index contributed by atoms with van der Waals surface area (Å²) in [5, 5.41) is 0. The summed E-state index contributed by atoms with van der Waals surface area (Å²) in [6, 6.07) is 12.4. The van der Waals surface area contributed by atoms with E-state index in [1.165, 1.54) is 12.1 Å². The second-order valence-corrected chi connectivity index (χ2v) is 4.68. The van der Waals surface area contributed by atoms with Gasteiger partial charge in [0, 0.05) is 31.4 Å². The van der Waals surface area contributed by atoms with Gasteiger partial charge in [0.2, 0.25) is 0 Å². The van der Waals surface area contributed by atoms with Crippen molar-refractivity contribution in [2.45, 2.75) is 13.1 Å². The molecule has 0 heterocycles. The van der Waals surface area contributed by atoms with Crippen LogP contribution >= 0.6 is 0 Å². The summed E-state index contributed by atoms with van der Waals surface area (Å²) >= 11 is 0. The molecule has 0 aliphatic rings. The lowest BCUT2D eigenvalue weighted by molar-refractivity contribution is 0.409. The van der Waals surface area contributed by atoms with Gasteiger partial charge in [-0.25, -0.2) is 4.39 Å². The molecular formula is C16H19FN2O. The molecule has 0 saturated heterocycles. The Bertz CT molecular complexity index is 569. The van der Waals surface area contributed by atoms with Gasteiger partial charge < -0.3 is 15.4 Å². The molecule has 0 aromatic heterocycles. The Balaban J connectivity index is 2.15. The molecule has 3 nitrogen and oxygen atoms in total. The van der Waals surface area contributed by atoms with Crippen LogP contribution < -0.4 is 15.4 Å². The van der Waals surface area contributed by atoms with Gasteiger partial charge in [-0.2, -0.15) is 0 Å². The third-order valence-electron chi connectivity index (χ3n) is 3.25. The summed E-state index contributed by atoms with van der Waals surface area (Å²) < 4.78 is 18.2. The standard InChI is InChI=1S/C16H19FN2O/c1-19(15-6-4-14(17)5-7-15)11-12-3-8-16(20-2)13(9-12)10-18/h3-9H,10-11,18H2,1-2H3. The summed E-state index contributed by atoms with van der Waals surface area (Å²) in [6.45, 7) is 1.17. The minimum absolute atomic E-state index is 0.225. The Kier molecular flexibility index (Phi) is 4.58. The first-order valence-corrected chi connectivity index (χ1v) is 6.46. The third kappa shape index (κ3) is 3.27. The highest BCUT2D eigenvalue weighted by molar-refractivity contribution is 5.47. The number of hydrogen-bond acceptors (Lipinski definition) is 3. The second-order valence-electron chi connectivity index (χ2n) is 4.68. The molecule has 106 valence electrons. The van der Waals surface area contributed by atoms with Crippen LogP contribution in [0.15, 0.2) is 42.5 Å². The van der Waals surface area contributed by atoms with E-state index in [1.54, 1.807) is 19.2 Å². The Morgan fingerprint density at radius 3 is 2.45 bits per heavy atom. The number of nitrogens with two attached hydrogens (primary N) is 1. The summed E-state index contributed by atoms with van der Waals surface area (Å²) in [5.74, 6) is 0.581. The molecule has 0 aliphatic carbocycles. The predicted octanol–water partition coefficient (Wildman–Crippen LogP) is 2.93. The predicted molar refractivity (Wildman–Crippen MR) is 79.4 cm³/mol. The molecule has 20 heavy (non-hydrogen) atoms. The van der Waals surface area contributed by atoms with E-state index < -0.39 is 0 Å². The molecular weight excluding hydrogens is 255 g/mol. The highest BCUT2D eigenvalue weighted by Crippen LogP contribution is 2.22. The zero-order chi connectivity index (χ0) is 14.5. The Morgan fingerprint density at radius 1 is 1.15 bits per heavy atom. The molecule has 0 spiro atoms. The molecule has 0 radical (unpaired) electrons. The Morgan fingerprint density at radius 2 is 1.85 bits per heavy atom. The lowest BCUT2D eigenvalue weighted by Gasteiger charge is -2.20. The van der Waals surface area contributed by atoms with Crippen LogP contribution in [0.1, 0.15) is 11.1 Å². The molecule has 2 N–H and O–H groups in total. The monoisotopic (exact) mass is 274 g/mol. The largest absolute Gasteiger partial charge is 0.496 e. The first-order valence-electron chi connectivity index (χ1n) is 6.46. The molecule has 2 rings (SSSR count). The van der Waals surface area contributed by atoms with Crippen LogP contribution in [-0.4, -0.2) is 14.2 Å². The SMILES string of the molecule is COc1ccc(CN(C)c2ccc(F)cc2)cc1CN. The van der Waals surface area contributed by atoms with Crippen molar-refractivity contribution in [3.8, 4) is 5.75 Å². The van der Waals surface area contributed by atoms with Crippen molar-refractivity contribution in [3.63, 3.8) is 0 Å². The summed E-state index contributed by atoms with van der Waals surface area (Å²) in [4.78, 5) is 2.06. The summed E-state index contributed by atoms with van der Waals surface area (Å²) in [5.41, 5.74) is 8.81. The topological polar surface area (TPSA) is 38.5 Å². The van der Waals surface area contributed by atoms with Crippen molar-refractivity contribution < 1.29 is 9.13 Å². The number of rotatable bonds is 5. The van der Waals surface area contributed by atoms with E-state index >= 15 is 0 Å². The molecule has 0 bridgehead atoms. The van der Waals surface area contributed by atoms with Gasteiger partial charge in [0.05, 0.1) is 7.11 Å². The van der Waals surface area contributed by atoms with E-state index in [0.29, 0.717) is 6.54 Å². The average molecular weight is 274 g/mol. The van der Waals surface area contributed by atoms with Crippen LogP contribution in [0.3, 0.4) is 0 Å². The van der Waals surface area contributed by atoms with Gasteiger partial charge in [-0.05, 0) is 42.0 Å². The van der Waals surface area contributed by atoms with Gasteiger partial charge in [-0.1, -0.05) is 6.07 Å². The smallest absolute Gasteiger partial charge is 0.123 e. The molecule has 2 aromatic carbocycles. The highest BCUT2D eigenvalue weighted by Gasteiger charge is 2.06. The highest BCUT2D eigenvalue weighted by atomic mass is 19.1.